The lowest BCUT2D eigenvalue weighted by Gasteiger charge is -2.59. The molecule has 1 saturated carbocycles. The molecular formula is C30H38N2O10. The summed E-state index contributed by atoms with van der Waals surface area (Å²) >= 11 is 0. The average molecular weight is 587 g/mol. The van der Waals surface area contributed by atoms with E-state index in [1.807, 2.05) is 13.8 Å². The van der Waals surface area contributed by atoms with Gasteiger partial charge in [0.2, 0.25) is 18.0 Å². The van der Waals surface area contributed by atoms with E-state index < -0.39 is 47.9 Å². The Kier molecular flexibility index (Phi) is 7.45. The van der Waals surface area contributed by atoms with Gasteiger partial charge in [0.15, 0.2) is 11.9 Å². The number of H-pyrrole nitrogens is 1. The molecule has 4 saturated heterocycles. The lowest BCUT2D eigenvalue weighted by atomic mass is 9.58. The summed E-state index contributed by atoms with van der Waals surface area (Å²) in [5.74, 6) is -2.94. The Labute approximate surface area is 242 Å². The van der Waals surface area contributed by atoms with Crippen LogP contribution in [0.3, 0.4) is 0 Å². The molecular weight excluding hydrogens is 548 g/mol. The van der Waals surface area contributed by atoms with E-state index >= 15 is 0 Å². The van der Waals surface area contributed by atoms with Gasteiger partial charge in [-0.1, -0.05) is 13.8 Å². The van der Waals surface area contributed by atoms with Crippen LogP contribution in [0, 0.1) is 23.7 Å². The fourth-order valence-corrected chi connectivity index (χ4v) is 7.43. The van der Waals surface area contributed by atoms with Crippen molar-refractivity contribution >= 4 is 28.7 Å². The van der Waals surface area contributed by atoms with E-state index in [1.54, 1.807) is 12.3 Å². The van der Waals surface area contributed by atoms with E-state index in [0.29, 0.717) is 23.3 Å². The first kappa shape index (κ1) is 28.9. The lowest BCUT2D eigenvalue weighted by molar-refractivity contribution is -0.576. The summed E-state index contributed by atoms with van der Waals surface area (Å²) in [6.45, 7) is 6.01. The van der Waals surface area contributed by atoms with Gasteiger partial charge in [0.25, 0.3) is 0 Å². The largest absolute Gasteiger partial charge is 0.508 e. The van der Waals surface area contributed by atoms with E-state index in [1.165, 1.54) is 12.1 Å². The molecule has 1 spiro atoms. The van der Waals surface area contributed by atoms with Crippen molar-refractivity contribution in [1.29, 1.82) is 0 Å². The Morgan fingerprint density at radius 1 is 1.14 bits per heavy atom. The van der Waals surface area contributed by atoms with Gasteiger partial charge in [-0.3, -0.25) is 9.59 Å². The van der Waals surface area contributed by atoms with Crippen LogP contribution in [0.4, 0.5) is 0 Å². The number of carbonyl (C=O) groups excluding carboxylic acids is 2. The zero-order valence-electron chi connectivity index (χ0n) is 24.0. The predicted octanol–water partition coefficient (Wildman–Crippen LogP) is 3.52. The second-order valence-corrected chi connectivity index (χ2v) is 12.5. The van der Waals surface area contributed by atoms with Crippen LogP contribution in [0.25, 0.3) is 10.9 Å². The summed E-state index contributed by atoms with van der Waals surface area (Å²) in [5, 5.41) is 22.7. The predicted molar refractivity (Wildman–Crippen MR) is 145 cm³/mol. The molecule has 2 aromatic rings. The summed E-state index contributed by atoms with van der Waals surface area (Å²) in [5.41, 5.74) is 0.594. The molecule has 1 aromatic carbocycles. The number of phenolic OH excluding ortho intramolecular Hbond substituents is 1. The highest BCUT2D eigenvalue weighted by Gasteiger charge is 2.69. The van der Waals surface area contributed by atoms with E-state index in [0.717, 1.165) is 24.8 Å². The summed E-state index contributed by atoms with van der Waals surface area (Å²) in [6.07, 6.45) is 2.94. The number of aromatic amines is 1. The molecule has 12 nitrogen and oxygen atoms in total. The van der Waals surface area contributed by atoms with Crippen LogP contribution >= 0.6 is 0 Å². The van der Waals surface area contributed by atoms with Crippen molar-refractivity contribution in [2.75, 3.05) is 0 Å². The van der Waals surface area contributed by atoms with Gasteiger partial charge in [-0.25, -0.2) is 14.6 Å². The van der Waals surface area contributed by atoms with Crippen LogP contribution in [-0.2, 0) is 44.8 Å². The van der Waals surface area contributed by atoms with Crippen LogP contribution in [0.5, 0.6) is 5.75 Å². The first-order valence-electron chi connectivity index (χ1n) is 14.7. The Hall–Kier alpha value is -3.19. The highest BCUT2D eigenvalue weighted by atomic mass is 17.3. The molecule has 9 atom stereocenters. The Balaban J connectivity index is 1.07. The maximum atomic E-state index is 12.9. The van der Waals surface area contributed by atoms with Crippen LogP contribution in [0.1, 0.15) is 64.9 Å². The molecule has 7 rings (SSSR count). The van der Waals surface area contributed by atoms with Crippen molar-refractivity contribution in [2.24, 2.45) is 23.7 Å². The van der Waals surface area contributed by atoms with Crippen molar-refractivity contribution in [3.8, 4) is 5.75 Å². The van der Waals surface area contributed by atoms with Crippen molar-refractivity contribution < 1.29 is 48.6 Å². The van der Waals surface area contributed by atoms with Crippen molar-refractivity contribution in [1.82, 2.24) is 10.3 Å². The Morgan fingerprint density at radius 3 is 2.74 bits per heavy atom. The summed E-state index contributed by atoms with van der Waals surface area (Å²) in [6, 6.07) is 3.52. The number of aromatic hydroxyl groups is 1. The molecule has 2 bridgehead atoms. The SMILES string of the molecule is C[C@H]1[C@H](OC(=O)CCC(=O)NC(Cc2c[nH]c3ccc(O)cc23)C(=O)O)O[C@@H]2O[C@@]3(C)CC[C@H]4[C@H](C)CC[C@@H]1C24OO3. The van der Waals surface area contributed by atoms with Gasteiger partial charge in [-0.2, -0.15) is 0 Å². The number of hydrogen-bond acceptors (Lipinski definition) is 9. The third-order valence-corrected chi connectivity index (χ3v) is 9.71. The minimum absolute atomic E-state index is 0.00273. The molecule has 5 fully saturated rings. The van der Waals surface area contributed by atoms with E-state index in [2.05, 4.69) is 17.2 Å². The number of aliphatic carboxylic acids is 1. The number of carboxylic acid groups (broad SMARTS) is 1. The number of esters is 1. The molecule has 4 N–H and O–H groups in total. The minimum Gasteiger partial charge on any atom is -0.508 e. The van der Waals surface area contributed by atoms with E-state index in [9.17, 15) is 24.6 Å². The van der Waals surface area contributed by atoms with Gasteiger partial charge in [0.05, 0.1) is 6.42 Å². The number of amides is 1. The minimum atomic E-state index is -1.22. The van der Waals surface area contributed by atoms with Gasteiger partial charge in [0, 0.05) is 48.2 Å². The van der Waals surface area contributed by atoms with Gasteiger partial charge in [-0.15, -0.1) is 0 Å². The number of carboxylic acids is 1. The standard InChI is InChI=1S/C30H38N2O10/c1-15-4-6-21-16(2)27(39-28-30(21)20(15)10-11-29(3,40-28)41-42-30)38-25(35)9-8-24(34)32-23(26(36)37)12-17-14-31-22-7-5-18(33)13-19(17)22/h5,7,13-16,20-21,23,27-28,31,33H,4,6,8-12H2,1-3H3,(H,32,34)(H,36,37)/t15-,16-,20+,21+,23?,27-,28-,29-,30?/m1/s1. The maximum absolute atomic E-state index is 12.9. The summed E-state index contributed by atoms with van der Waals surface area (Å²) in [4.78, 5) is 52.4. The van der Waals surface area contributed by atoms with Gasteiger partial charge < -0.3 is 34.7 Å². The third-order valence-electron chi connectivity index (χ3n) is 9.71. The number of hydrogen-bond donors (Lipinski definition) is 4. The lowest BCUT2D eigenvalue weighted by Crippen LogP contribution is -2.70. The molecule has 1 amide bonds. The first-order chi connectivity index (χ1) is 20.0. The molecule has 2 unspecified atom stereocenters. The zero-order chi connectivity index (χ0) is 29.8. The van der Waals surface area contributed by atoms with Crippen LogP contribution < -0.4 is 5.32 Å². The number of nitrogens with one attached hydrogen (secondary N) is 2. The quantitative estimate of drug-likeness (QED) is 0.266. The molecule has 228 valence electrons. The molecule has 1 aliphatic carbocycles. The fourth-order valence-electron chi connectivity index (χ4n) is 7.43. The second-order valence-electron chi connectivity index (χ2n) is 12.5. The molecule has 42 heavy (non-hydrogen) atoms. The molecule has 5 heterocycles. The van der Waals surface area contributed by atoms with E-state index in [4.69, 9.17) is 24.0 Å². The van der Waals surface area contributed by atoms with Gasteiger partial charge in [0.1, 0.15) is 11.8 Å². The van der Waals surface area contributed by atoms with Crippen LogP contribution in [0.15, 0.2) is 24.4 Å². The third kappa shape index (κ3) is 5.04. The summed E-state index contributed by atoms with van der Waals surface area (Å²) in [7, 11) is 0. The fraction of sp³-hybridized carbons (Fsp3) is 0.633. The number of carbonyl (C=O) groups is 3. The number of ether oxygens (including phenoxy) is 3. The molecule has 4 aliphatic heterocycles. The molecule has 5 aliphatic rings. The molecule has 12 heteroatoms. The van der Waals surface area contributed by atoms with Gasteiger partial charge >= 0.3 is 11.9 Å². The van der Waals surface area contributed by atoms with Crippen molar-refractivity contribution in [3.63, 3.8) is 0 Å². The van der Waals surface area contributed by atoms with Crippen LogP contribution in [-0.4, -0.2) is 63.1 Å². The summed E-state index contributed by atoms with van der Waals surface area (Å²) < 4.78 is 18.3. The molecule has 1 aromatic heterocycles. The first-order valence-corrected chi connectivity index (χ1v) is 14.7. The maximum Gasteiger partial charge on any atom is 0.326 e. The highest BCUT2D eigenvalue weighted by molar-refractivity contribution is 5.88. The number of rotatable bonds is 8. The highest BCUT2D eigenvalue weighted by Crippen LogP contribution is 2.60. The van der Waals surface area contributed by atoms with Crippen LogP contribution in [0.2, 0.25) is 0 Å². The number of aromatic nitrogens is 1. The Bertz CT molecular complexity index is 1380. The normalized spacial score (nSPS) is 36.1. The monoisotopic (exact) mass is 586 g/mol. The second kappa shape index (κ2) is 10.8. The smallest absolute Gasteiger partial charge is 0.326 e. The van der Waals surface area contributed by atoms with E-state index in [-0.39, 0.29) is 42.8 Å². The van der Waals surface area contributed by atoms with Crippen molar-refractivity contribution in [2.45, 2.75) is 95.7 Å². The topological polar surface area (TPSA) is 166 Å². The zero-order valence-corrected chi connectivity index (χ0v) is 24.0. The Morgan fingerprint density at radius 2 is 1.95 bits per heavy atom. The number of benzene rings is 1. The number of fused-ring (bicyclic) bond motifs is 3. The van der Waals surface area contributed by atoms with Crippen molar-refractivity contribution in [3.05, 3.63) is 30.0 Å². The van der Waals surface area contributed by atoms with Gasteiger partial charge in [-0.05, 0) is 61.8 Å². The number of phenols is 1. The molecule has 0 radical (unpaired) electrons. The average Bonchev–Trinajstić information content (AvgIpc) is 3.19.